The second kappa shape index (κ2) is 5.75. The molecule has 6 heteroatoms. The van der Waals surface area contributed by atoms with Gasteiger partial charge in [-0.25, -0.2) is 0 Å². The van der Waals surface area contributed by atoms with Crippen LogP contribution < -0.4 is 11.1 Å². The van der Waals surface area contributed by atoms with Crippen LogP contribution in [-0.2, 0) is 4.79 Å². The highest BCUT2D eigenvalue weighted by molar-refractivity contribution is 7.99. The van der Waals surface area contributed by atoms with Crippen molar-refractivity contribution in [2.45, 2.75) is 24.8 Å². The minimum absolute atomic E-state index is 0.136. The van der Waals surface area contributed by atoms with Gasteiger partial charge in [0.05, 0.1) is 10.5 Å². The number of nitrogens with two attached hydrogens (primary N) is 1. The molecule has 1 unspecified atom stereocenters. The molecule has 18 heavy (non-hydrogen) atoms. The lowest BCUT2D eigenvalue weighted by Crippen LogP contribution is -2.62. The molecule has 2 fully saturated rings. The van der Waals surface area contributed by atoms with Gasteiger partial charge in [-0.15, -0.1) is 0 Å². The second-order valence-corrected chi connectivity index (χ2v) is 6.89. The lowest BCUT2D eigenvalue weighted by Gasteiger charge is -2.41. The van der Waals surface area contributed by atoms with Crippen LogP contribution in [0.1, 0.15) is 19.3 Å². The summed E-state index contributed by atoms with van der Waals surface area (Å²) in [5.41, 5.74) is 5.44. The fraction of sp³-hybridized carbons (Fsp3) is 0.833. The molecule has 0 aromatic rings. The summed E-state index contributed by atoms with van der Waals surface area (Å²) < 4.78 is 0. The summed E-state index contributed by atoms with van der Waals surface area (Å²) in [6.07, 6.45) is 2.62. The standard InChI is InChI=1S/C12H21N3OS2/c1-15-5-3-12(4-6-15,11(13)17)14-10(16)9-2-7-18-8-9/h9H,2-8H2,1H3,(H2,13,17)(H,14,16). The molecule has 1 amide bonds. The van der Waals surface area contributed by atoms with Gasteiger partial charge in [0.2, 0.25) is 5.91 Å². The van der Waals surface area contributed by atoms with E-state index in [1.807, 2.05) is 11.8 Å². The van der Waals surface area contributed by atoms with E-state index in [0.717, 1.165) is 43.9 Å². The number of hydrogen-bond acceptors (Lipinski definition) is 4. The predicted molar refractivity (Wildman–Crippen MR) is 79.8 cm³/mol. The van der Waals surface area contributed by atoms with Gasteiger partial charge in [-0.05, 0) is 32.1 Å². The quantitative estimate of drug-likeness (QED) is 0.745. The molecule has 3 N–H and O–H groups in total. The number of nitrogens with one attached hydrogen (secondary N) is 1. The van der Waals surface area contributed by atoms with Crippen molar-refractivity contribution >= 4 is 34.9 Å². The molecule has 0 aromatic carbocycles. The van der Waals surface area contributed by atoms with Crippen molar-refractivity contribution in [3.8, 4) is 0 Å². The van der Waals surface area contributed by atoms with Crippen LogP contribution >= 0.6 is 24.0 Å². The number of piperidine rings is 1. The normalized spacial score (nSPS) is 27.9. The fourth-order valence-corrected chi connectivity index (χ4v) is 3.99. The maximum atomic E-state index is 12.3. The summed E-state index contributed by atoms with van der Waals surface area (Å²) in [4.78, 5) is 14.9. The summed E-state index contributed by atoms with van der Waals surface area (Å²) in [6.45, 7) is 1.86. The Hall–Kier alpha value is -0.330. The van der Waals surface area contributed by atoms with Gasteiger partial charge in [0.25, 0.3) is 0 Å². The SMILES string of the molecule is CN1CCC(NC(=O)C2CCSC2)(C(N)=S)CC1. The van der Waals surface area contributed by atoms with E-state index in [2.05, 4.69) is 17.3 Å². The maximum absolute atomic E-state index is 12.3. The van der Waals surface area contributed by atoms with Crippen LogP contribution in [0.2, 0.25) is 0 Å². The first-order valence-corrected chi connectivity index (χ1v) is 7.98. The van der Waals surface area contributed by atoms with Crippen LogP contribution in [-0.4, -0.2) is 53.0 Å². The average molecular weight is 287 g/mol. The lowest BCUT2D eigenvalue weighted by atomic mass is 9.86. The first-order chi connectivity index (χ1) is 8.53. The fourth-order valence-electron chi connectivity index (χ4n) is 2.51. The smallest absolute Gasteiger partial charge is 0.224 e. The van der Waals surface area contributed by atoms with E-state index >= 15 is 0 Å². The second-order valence-electron chi connectivity index (χ2n) is 5.30. The number of thioether (sulfide) groups is 1. The van der Waals surface area contributed by atoms with E-state index in [1.165, 1.54) is 0 Å². The van der Waals surface area contributed by atoms with Crippen LogP contribution in [0, 0.1) is 5.92 Å². The predicted octanol–water partition coefficient (Wildman–Crippen LogP) is 0.606. The average Bonchev–Trinajstić information content (AvgIpc) is 2.85. The molecule has 102 valence electrons. The van der Waals surface area contributed by atoms with Crippen molar-refractivity contribution < 1.29 is 4.79 Å². The molecule has 0 bridgehead atoms. The topological polar surface area (TPSA) is 58.4 Å². The Bertz CT molecular complexity index is 334. The van der Waals surface area contributed by atoms with Crippen LogP contribution in [0.25, 0.3) is 0 Å². The molecule has 4 nitrogen and oxygen atoms in total. The minimum atomic E-state index is -0.452. The number of carbonyl (C=O) groups is 1. The third kappa shape index (κ3) is 2.97. The first-order valence-electron chi connectivity index (χ1n) is 6.42. The Labute approximate surface area is 118 Å². The van der Waals surface area contributed by atoms with Crippen LogP contribution in [0.15, 0.2) is 0 Å². The zero-order valence-electron chi connectivity index (χ0n) is 10.8. The van der Waals surface area contributed by atoms with Crippen LogP contribution in [0.4, 0.5) is 0 Å². The van der Waals surface area contributed by atoms with Gasteiger partial charge in [0, 0.05) is 24.8 Å². The van der Waals surface area contributed by atoms with Crippen molar-refractivity contribution in [2.75, 3.05) is 31.6 Å². The maximum Gasteiger partial charge on any atom is 0.224 e. The van der Waals surface area contributed by atoms with E-state index in [-0.39, 0.29) is 11.8 Å². The molecule has 2 heterocycles. The van der Waals surface area contributed by atoms with Crippen LogP contribution in [0.5, 0.6) is 0 Å². The van der Waals surface area contributed by atoms with Gasteiger partial charge >= 0.3 is 0 Å². The Morgan fingerprint density at radius 2 is 2.17 bits per heavy atom. The highest BCUT2D eigenvalue weighted by atomic mass is 32.2. The van der Waals surface area contributed by atoms with Crippen LogP contribution in [0.3, 0.4) is 0 Å². The number of hydrogen-bond donors (Lipinski definition) is 2. The molecule has 2 saturated heterocycles. The van der Waals surface area contributed by atoms with E-state index < -0.39 is 5.54 Å². The van der Waals surface area contributed by atoms with E-state index in [0.29, 0.717) is 4.99 Å². The van der Waals surface area contributed by atoms with Crippen molar-refractivity contribution in [3.63, 3.8) is 0 Å². The number of carbonyl (C=O) groups excluding carboxylic acids is 1. The molecule has 1 atom stereocenters. The van der Waals surface area contributed by atoms with Crippen molar-refractivity contribution in [1.29, 1.82) is 0 Å². The number of nitrogens with zero attached hydrogens (tertiary/aromatic N) is 1. The molecule has 2 rings (SSSR count). The zero-order valence-corrected chi connectivity index (χ0v) is 12.4. The minimum Gasteiger partial charge on any atom is -0.391 e. The van der Waals surface area contributed by atoms with E-state index in [9.17, 15) is 4.79 Å². The van der Waals surface area contributed by atoms with Gasteiger partial charge in [0.15, 0.2) is 0 Å². The molecular formula is C12H21N3OS2. The highest BCUT2D eigenvalue weighted by Gasteiger charge is 2.39. The Kier molecular flexibility index (Phi) is 4.50. The number of amides is 1. The Balaban J connectivity index is 2.01. The summed E-state index contributed by atoms with van der Waals surface area (Å²) in [6, 6.07) is 0. The van der Waals surface area contributed by atoms with Gasteiger partial charge in [-0.1, -0.05) is 12.2 Å². The Morgan fingerprint density at radius 1 is 1.50 bits per heavy atom. The van der Waals surface area contributed by atoms with Gasteiger partial charge in [-0.3, -0.25) is 4.79 Å². The van der Waals surface area contributed by atoms with Crippen molar-refractivity contribution in [3.05, 3.63) is 0 Å². The first kappa shape index (κ1) is 14.1. The summed E-state index contributed by atoms with van der Waals surface area (Å²) in [5, 5.41) is 3.15. The van der Waals surface area contributed by atoms with Crippen molar-refractivity contribution in [1.82, 2.24) is 10.2 Å². The van der Waals surface area contributed by atoms with Gasteiger partial charge < -0.3 is 16.0 Å². The number of likely N-dealkylation sites (tertiary alicyclic amines) is 1. The van der Waals surface area contributed by atoms with E-state index in [1.54, 1.807) is 0 Å². The summed E-state index contributed by atoms with van der Waals surface area (Å²) in [7, 11) is 2.08. The van der Waals surface area contributed by atoms with Crippen molar-refractivity contribution in [2.24, 2.45) is 11.7 Å². The molecule has 0 spiro atoms. The monoisotopic (exact) mass is 287 g/mol. The summed E-state index contributed by atoms with van der Waals surface area (Å²) in [5.74, 6) is 2.29. The Morgan fingerprint density at radius 3 is 2.67 bits per heavy atom. The molecular weight excluding hydrogens is 266 g/mol. The number of thiocarbonyl (C=S) groups is 1. The third-order valence-corrected chi connectivity index (χ3v) is 5.53. The summed E-state index contributed by atoms with van der Waals surface area (Å²) >= 11 is 7.05. The van der Waals surface area contributed by atoms with Gasteiger partial charge in [-0.2, -0.15) is 11.8 Å². The largest absolute Gasteiger partial charge is 0.391 e. The third-order valence-electron chi connectivity index (χ3n) is 3.98. The molecule has 0 aromatic heterocycles. The molecule has 0 saturated carbocycles. The van der Waals surface area contributed by atoms with E-state index in [4.69, 9.17) is 18.0 Å². The molecule has 2 aliphatic rings. The molecule has 0 aliphatic carbocycles. The zero-order chi connectivity index (χ0) is 13.2. The number of rotatable bonds is 3. The molecule has 2 aliphatic heterocycles. The highest BCUT2D eigenvalue weighted by Crippen LogP contribution is 2.27. The molecule has 0 radical (unpaired) electrons. The lowest BCUT2D eigenvalue weighted by molar-refractivity contribution is -0.125. The van der Waals surface area contributed by atoms with Gasteiger partial charge in [0.1, 0.15) is 0 Å².